The fourth-order valence-electron chi connectivity index (χ4n) is 2.90. The summed E-state index contributed by atoms with van der Waals surface area (Å²) in [6, 6.07) is 0. The average molecular weight is 284 g/mol. The molecule has 8 N–H and O–H groups in total. The Labute approximate surface area is 115 Å². The third-order valence-electron chi connectivity index (χ3n) is 3.64. The van der Waals surface area contributed by atoms with Crippen molar-refractivity contribution in [1.82, 2.24) is 20.4 Å². The SMILES string of the molecule is C1Cc2nnc3c4c(nnc(c24)C1)CCC3.O.O.O.O. The Morgan fingerprint density at radius 1 is 0.450 bits per heavy atom. The topological polar surface area (TPSA) is 178 Å². The molecule has 2 aliphatic carbocycles. The van der Waals surface area contributed by atoms with Crippen molar-refractivity contribution in [2.24, 2.45) is 0 Å². The molecule has 20 heavy (non-hydrogen) atoms. The molecule has 0 fully saturated rings. The second-order valence-electron chi connectivity index (χ2n) is 4.64. The van der Waals surface area contributed by atoms with E-state index in [2.05, 4.69) is 20.4 Å². The van der Waals surface area contributed by atoms with E-state index in [-0.39, 0.29) is 21.9 Å². The van der Waals surface area contributed by atoms with Gasteiger partial charge in [-0.2, -0.15) is 20.4 Å². The Kier molecular flexibility index (Phi) is 6.04. The third-order valence-corrected chi connectivity index (χ3v) is 3.64. The molecular weight excluding hydrogens is 264 g/mol. The smallest absolute Gasteiger partial charge is 0.0729 e. The molecule has 0 bridgehead atoms. The van der Waals surface area contributed by atoms with Crippen LogP contribution in [0.5, 0.6) is 0 Å². The summed E-state index contributed by atoms with van der Waals surface area (Å²) in [4.78, 5) is 0. The van der Waals surface area contributed by atoms with Crippen molar-refractivity contribution in [3.63, 3.8) is 0 Å². The summed E-state index contributed by atoms with van der Waals surface area (Å²) < 4.78 is 0. The molecule has 0 saturated heterocycles. The van der Waals surface area contributed by atoms with E-state index in [1.807, 2.05) is 0 Å². The van der Waals surface area contributed by atoms with E-state index in [0.717, 1.165) is 61.3 Å². The fourth-order valence-corrected chi connectivity index (χ4v) is 2.90. The number of aryl methyl sites for hydroxylation is 4. The minimum atomic E-state index is 0. The molecule has 0 radical (unpaired) electrons. The first kappa shape index (κ1) is 18.3. The van der Waals surface area contributed by atoms with Gasteiger partial charge >= 0.3 is 0 Å². The summed E-state index contributed by atoms with van der Waals surface area (Å²) >= 11 is 0. The predicted molar refractivity (Wildman–Crippen MR) is 73.6 cm³/mol. The lowest BCUT2D eigenvalue weighted by Gasteiger charge is -2.20. The number of nitrogens with zero attached hydrogens (tertiary/aromatic N) is 4. The van der Waals surface area contributed by atoms with E-state index in [4.69, 9.17) is 0 Å². The van der Waals surface area contributed by atoms with Crippen LogP contribution in [0.25, 0.3) is 10.8 Å². The van der Waals surface area contributed by atoms with E-state index in [9.17, 15) is 0 Å². The molecule has 0 aliphatic heterocycles. The molecule has 112 valence electrons. The molecule has 0 aromatic carbocycles. The monoisotopic (exact) mass is 284 g/mol. The van der Waals surface area contributed by atoms with E-state index in [0.29, 0.717) is 0 Å². The van der Waals surface area contributed by atoms with Crippen molar-refractivity contribution in [1.29, 1.82) is 0 Å². The predicted octanol–water partition coefficient (Wildman–Crippen LogP) is -1.90. The van der Waals surface area contributed by atoms with Crippen molar-refractivity contribution >= 4 is 10.8 Å². The molecule has 4 rings (SSSR count). The molecule has 0 amide bonds. The van der Waals surface area contributed by atoms with Gasteiger partial charge in [0.25, 0.3) is 0 Å². The zero-order valence-corrected chi connectivity index (χ0v) is 11.0. The molecule has 0 unspecified atom stereocenters. The van der Waals surface area contributed by atoms with Crippen LogP contribution in [0.15, 0.2) is 0 Å². The lowest BCUT2D eigenvalue weighted by atomic mass is 9.91. The van der Waals surface area contributed by atoms with Crippen molar-refractivity contribution < 1.29 is 21.9 Å². The highest BCUT2D eigenvalue weighted by molar-refractivity contribution is 5.91. The highest BCUT2D eigenvalue weighted by Gasteiger charge is 2.23. The molecule has 2 heterocycles. The van der Waals surface area contributed by atoms with Crippen molar-refractivity contribution in [2.75, 3.05) is 0 Å². The van der Waals surface area contributed by atoms with Gasteiger partial charge in [0, 0.05) is 10.8 Å². The molecule has 2 aromatic heterocycles. The lowest BCUT2D eigenvalue weighted by Crippen LogP contribution is -2.15. The first-order chi connectivity index (χ1) is 7.93. The number of hydrogen-bond donors (Lipinski definition) is 0. The van der Waals surface area contributed by atoms with Crippen LogP contribution in [0.3, 0.4) is 0 Å². The van der Waals surface area contributed by atoms with Gasteiger partial charge in [-0.15, -0.1) is 0 Å². The van der Waals surface area contributed by atoms with Gasteiger partial charge in [-0.3, -0.25) is 0 Å². The minimum Gasteiger partial charge on any atom is -0.412 e. The van der Waals surface area contributed by atoms with Gasteiger partial charge in [-0.25, -0.2) is 0 Å². The number of aromatic nitrogens is 4. The molecule has 2 aliphatic rings. The molecule has 0 atom stereocenters. The second kappa shape index (κ2) is 6.62. The van der Waals surface area contributed by atoms with E-state index in [1.54, 1.807) is 0 Å². The van der Waals surface area contributed by atoms with Crippen LogP contribution in [-0.4, -0.2) is 42.3 Å². The normalized spacial score (nSPS) is 14.2. The van der Waals surface area contributed by atoms with E-state index < -0.39 is 0 Å². The van der Waals surface area contributed by atoms with Crippen LogP contribution in [0.4, 0.5) is 0 Å². The quantitative estimate of drug-likeness (QED) is 0.548. The Morgan fingerprint density at radius 3 is 0.950 bits per heavy atom. The van der Waals surface area contributed by atoms with Gasteiger partial charge in [-0.1, -0.05) is 0 Å². The largest absolute Gasteiger partial charge is 0.412 e. The molecule has 0 spiro atoms. The van der Waals surface area contributed by atoms with Gasteiger partial charge < -0.3 is 21.9 Å². The Balaban J connectivity index is 0.000000902. The summed E-state index contributed by atoms with van der Waals surface area (Å²) in [5, 5.41) is 20.0. The Morgan fingerprint density at radius 2 is 0.700 bits per heavy atom. The maximum absolute atomic E-state index is 4.37. The average Bonchev–Trinajstić information content (AvgIpc) is 2.36. The number of hydrogen-bond acceptors (Lipinski definition) is 4. The van der Waals surface area contributed by atoms with Crippen LogP contribution in [0.2, 0.25) is 0 Å². The molecular formula is C12H20N4O4. The van der Waals surface area contributed by atoms with Crippen LogP contribution in [0, 0.1) is 0 Å². The summed E-state index contributed by atoms with van der Waals surface area (Å²) in [6.07, 6.45) is 6.43. The third kappa shape index (κ3) is 2.34. The Bertz CT molecular complexity index is 506. The standard InChI is InChI=1S/C12H12N4.4H2O/c1-3-7-11-8(4-1)14-16-10-6-2-5-9(12(10)11)15-13-7;;;;/h1-6H2;4*1H2. The maximum atomic E-state index is 4.37. The van der Waals surface area contributed by atoms with Crippen molar-refractivity contribution in [3.8, 4) is 0 Å². The molecule has 8 heteroatoms. The van der Waals surface area contributed by atoms with E-state index in [1.165, 1.54) is 10.8 Å². The highest BCUT2D eigenvalue weighted by atomic mass is 16.0. The zero-order chi connectivity index (χ0) is 10.5. The van der Waals surface area contributed by atoms with Crippen LogP contribution in [0.1, 0.15) is 35.6 Å². The first-order valence-corrected chi connectivity index (χ1v) is 5.96. The molecule has 8 nitrogen and oxygen atoms in total. The maximum Gasteiger partial charge on any atom is 0.0729 e. The van der Waals surface area contributed by atoms with Crippen LogP contribution < -0.4 is 0 Å². The molecule has 0 saturated carbocycles. The highest BCUT2D eigenvalue weighted by Crippen LogP contribution is 2.32. The Hall–Kier alpha value is -1.74. The van der Waals surface area contributed by atoms with Gasteiger partial charge in [0.05, 0.1) is 22.8 Å². The second-order valence-corrected chi connectivity index (χ2v) is 4.64. The van der Waals surface area contributed by atoms with Crippen LogP contribution >= 0.6 is 0 Å². The first-order valence-electron chi connectivity index (χ1n) is 5.96. The van der Waals surface area contributed by atoms with Gasteiger partial charge in [0.1, 0.15) is 0 Å². The lowest BCUT2D eigenvalue weighted by molar-refractivity contribution is 0.683. The fraction of sp³-hybridized carbons (Fsp3) is 0.500. The van der Waals surface area contributed by atoms with Crippen molar-refractivity contribution in [3.05, 3.63) is 22.8 Å². The van der Waals surface area contributed by atoms with Gasteiger partial charge in [0.2, 0.25) is 0 Å². The molecule has 2 aromatic rings. The minimum absolute atomic E-state index is 0. The summed E-state index contributed by atoms with van der Waals surface area (Å²) in [5.74, 6) is 0. The summed E-state index contributed by atoms with van der Waals surface area (Å²) in [5.41, 5.74) is 4.55. The summed E-state index contributed by atoms with van der Waals surface area (Å²) in [6.45, 7) is 0. The zero-order valence-electron chi connectivity index (χ0n) is 11.0. The van der Waals surface area contributed by atoms with E-state index >= 15 is 0 Å². The van der Waals surface area contributed by atoms with Gasteiger partial charge in [0.15, 0.2) is 0 Å². The van der Waals surface area contributed by atoms with Crippen LogP contribution in [-0.2, 0) is 25.7 Å². The van der Waals surface area contributed by atoms with Crippen molar-refractivity contribution in [2.45, 2.75) is 38.5 Å². The number of rotatable bonds is 0. The van der Waals surface area contributed by atoms with Gasteiger partial charge in [-0.05, 0) is 38.5 Å². The summed E-state index contributed by atoms with van der Waals surface area (Å²) in [7, 11) is 0.